The van der Waals surface area contributed by atoms with Crippen molar-refractivity contribution in [3.8, 4) is 11.5 Å². The van der Waals surface area contributed by atoms with Gasteiger partial charge in [-0.15, -0.1) is 0 Å². The molecule has 2 unspecified atom stereocenters. The lowest BCUT2D eigenvalue weighted by Crippen LogP contribution is -2.67. The number of ether oxygens (including phenoxy) is 2. The number of carboxylic acids is 1. The van der Waals surface area contributed by atoms with Crippen LogP contribution in [0.2, 0.25) is 0 Å². The number of Topliss-reactive ketones (excluding diaryl/α,β-unsaturated/α-hetero) is 1. The van der Waals surface area contributed by atoms with Gasteiger partial charge in [0.15, 0.2) is 5.78 Å². The number of ketones is 1. The Bertz CT molecular complexity index is 2050. The summed E-state index contributed by atoms with van der Waals surface area (Å²) in [6, 6.07) is 17.9. The number of para-hydroxylation sites is 1. The summed E-state index contributed by atoms with van der Waals surface area (Å²) in [6.45, 7) is 17.5. The van der Waals surface area contributed by atoms with Gasteiger partial charge >= 0.3 is 23.8 Å². The minimum atomic E-state index is -2.96. The van der Waals surface area contributed by atoms with E-state index >= 15 is 0 Å². The summed E-state index contributed by atoms with van der Waals surface area (Å²) in [5.41, 5.74) is 0.762. The topological polar surface area (TPSA) is 172 Å². The lowest BCUT2D eigenvalue weighted by Gasteiger charge is -2.36. The number of benzene rings is 3. The molecular weight excluding hydrogens is 764 g/mol. The highest BCUT2D eigenvalue weighted by molar-refractivity contribution is 6.50. The predicted molar refractivity (Wildman–Crippen MR) is 221 cm³/mol. The summed E-state index contributed by atoms with van der Waals surface area (Å²) < 4.78 is 12.4. The maximum absolute atomic E-state index is 14.8. The number of alkyl halides is 1. The van der Waals surface area contributed by atoms with E-state index in [-0.39, 0.29) is 52.2 Å². The third kappa shape index (κ3) is 9.14. The van der Waals surface area contributed by atoms with Crippen LogP contribution in [0, 0.1) is 5.41 Å². The molecule has 312 valence electrons. The Morgan fingerprint density at radius 1 is 0.845 bits per heavy atom. The van der Waals surface area contributed by atoms with Crippen molar-refractivity contribution in [2.24, 2.45) is 5.41 Å². The molecule has 1 heterocycles. The molecule has 3 aromatic carbocycles. The Morgan fingerprint density at radius 3 is 2.00 bits per heavy atom. The molecule has 1 fully saturated rings. The highest BCUT2D eigenvalue weighted by atomic mass is 35.5. The molecule has 1 saturated heterocycles. The molecule has 2 atom stereocenters. The van der Waals surface area contributed by atoms with Crippen molar-refractivity contribution in [2.45, 2.75) is 110 Å². The molecule has 3 N–H and O–H groups in total. The Kier molecular flexibility index (Phi) is 13.4. The van der Waals surface area contributed by atoms with Gasteiger partial charge in [-0.1, -0.05) is 104 Å². The van der Waals surface area contributed by atoms with Crippen molar-refractivity contribution < 1.29 is 43.3 Å². The average Bonchev–Trinajstić information content (AvgIpc) is 3.35. The minimum absolute atomic E-state index is 0.0395. The Hall–Kier alpha value is -5.43. The van der Waals surface area contributed by atoms with Gasteiger partial charge in [-0.2, -0.15) is 0 Å². The maximum atomic E-state index is 14.8. The van der Waals surface area contributed by atoms with Crippen LogP contribution in [-0.2, 0) is 30.0 Å². The van der Waals surface area contributed by atoms with Crippen molar-refractivity contribution in [1.82, 2.24) is 15.1 Å². The van der Waals surface area contributed by atoms with Gasteiger partial charge in [0.1, 0.15) is 11.5 Å². The van der Waals surface area contributed by atoms with E-state index in [1.807, 2.05) is 6.07 Å². The van der Waals surface area contributed by atoms with Crippen LogP contribution >= 0.6 is 11.6 Å². The number of likely N-dealkylation sites (N-methyl/N-ethyl adjacent to an activating group) is 1. The number of rotatable bonds is 17. The van der Waals surface area contributed by atoms with E-state index < -0.39 is 51.8 Å². The third-order valence-electron chi connectivity index (χ3n) is 10.8. The zero-order valence-corrected chi connectivity index (χ0v) is 35.7. The summed E-state index contributed by atoms with van der Waals surface area (Å²) in [4.78, 5) is 80.6. The molecule has 0 saturated carbocycles. The standard InChI is InChI=1S/C44H55ClN4O9/c1-11-41(6,7)29-22-25-33(32(27-29)42(8,9)12-2)57-26-16-19-34(50)47-44(58-31-23-20-28(21-24-31)35(51)52)38(55)49(39(56)48(44)10)43(45,36(53)40(3,4)5)37(54)46-30-17-14-13-15-18-30/h13-15,17-18,20-25,27H,11-12,16,19,26H2,1-10H3,(H,46,54)(H,47,50)(H,51,52). The Balaban J connectivity index is 1.68. The smallest absolute Gasteiger partial charge is 0.350 e. The molecule has 3 aromatic rings. The number of imide groups is 1. The van der Waals surface area contributed by atoms with E-state index in [9.17, 15) is 33.9 Å². The highest BCUT2D eigenvalue weighted by Crippen LogP contribution is 2.41. The van der Waals surface area contributed by atoms with E-state index in [1.54, 1.807) is 18.2 Å². The first-order valence-corrected chi connectivity index (χ1v) is 19.7. The van der Waals surface area contributed by atoms with Gasteiger partial charge in [0.2, 0.25) is 5.91 Å². The number of carbonyl (C=O) groups is 6. The van der Waals surface area contributed by atoms with Crippen LogP contribution in [0.25, 0.3) is 0 Å². The quantitative estimate of drug-likeness (QED) is 0.0306. The molecule has 13 nitrogen and oxygen atoms in total. The van der Waals surface area contributed by atoms with Crippen molar-refractivity contribution in [1.29, 1.82) is 0 Å². The maximum Gasteiger partial charge on any atom is 0.350 e. The largest absolute Gasteiger partial charge is 0.493 e. The molecule has 4 rings (SSSR count). The van der Waals surface area contributed by atoms with Crippen molar-refractivity contribution in [2.75, 3.05) is 19.0 Å². The molecule has 0 bridgehead atoms. The fourth-order valence-electron chi connectivity index (χ4n) is 6.25. The van der Waals surface area contributed by atoms with Gasteiger partial charge in [0.25, 0.3) is 10.9 Å². The lowest BCUT2D eigenvalue weighted by atomic mass is 9.76. The van der Waals surface area contributed by atoms with Crippen molar-refractivity contribution >= 4 is 52.8 Å². The van der Waals surface area contributed by atoms with Gasteiger partial charge in [-0.05, 0) is 78.1 Å². The summed E-state index contributed by atoms with van der Waals surface area (Å²) in [5, 5.41) is 14.5. The summed E-state index contributed by atoms with van der Waals surface area (Å²) in [5.74, 6) is -7.61. The molecule has 0 spiro atoms. The van der Waals surface area contributed by atoms with E-state index in [0.29, 0.717) is 5.75 Å². The first kappa shape index (κ1) is 45.3. The molecule has 1 aliphatic rings. The number of hydrogen-bond acceptors (Lipinski definition) is 8. The molecule has 1 aliphatic heterocycles. The normalized spacial score (nSPS) is 17.1. The zero-order chi connectivity index (χ0) is 43.4. The van der Waals surface area contributed by atoms with Crippen LogP contribution in [0.3, 0.4) is 0 Å². The van der Waals surface area contributed by atoms with E-state index in [0.717, 1.165) is 30.4 Å². The second-order valence-electron chi connectivity index (χ2n) is 16.8. The van der Waals surface area contributed by atoms with Crippen molar-refractivity contribution in [3.63, 3.8) is 0 Å². The Morgan fingerprint density at radius 2 is 1.45 bits per heavy atom. The van der Waals surface area contributed by atoms with Gasteiger partial charge < -0.3 is 19.9 Å². The Labute approximate surface area is 345 Å². The molecule has 14 heteroatoms. The van der Waals surface area contributed by atoms with E-state index in [1.165, 1.54) is 62.7 Å². The molecular formula is C44H55ClN4O9. The highest BCUT2D eigenvalue weighted by Gasteiger charge is 2.69. The lowest BCUT2D eigenvalue weighted by molar-refractivity contribution is -0.162. The molecule has 0 radical (unpaired) electrons. The van der Waals surface area contributed by atoms with Crippen LogP contribution in [0.1, 0.15) is 109 Å². The van der Waals surface area contributed by atoms with Crippen LogP contribution in [0.5, 0.6) is 11.5 Å². The second-order valence-corrected chi connectivity index (χ2v) is 17.3. The number of carboxylic acid groups (broad SMARTS) is 1. The summed E-state index contributed by atoms with van der Waals surface area (Å²) >= 11 is 6.96. The fraction of sp³-hybridized carbons (Fsp3) is 0.455. The molecule has 0 aliphatic carbocycles. The third-order valence-corrected chi connectivity index (χ3v) is 11.3. The summed E-state index contributed by atoms with van der Waals surface area (Å²) in [6.07, 6.45) is 1.79. The number of carbonyl (C=O) groups excluding carboxylic acids is 5. The second kappa shape index (κ2) is 17.2. The average molecular weight is 819 g/mol. The van der Waals surface area contributed by atoms with E-state index in [2.05, 4.69) is 64.3 Å². The number of halogens is 1. The molecule has 58 heavy (non-hydrogen) atoms. The molecule has 0 aromatic heterocycles. The van der Waals surface area contributed by atoms with Crippen molar-refractivity contribution in [3.05, 3.63) is 89.5 Å². The number of amides is 5. The number of nitrogens with zero attached hydrogens (tertiary/aromatic N) is 2. The van der Waals surface area contributed by atoms with Crippen LogP contribution < -0.4 is 20.1 Å². The monoisotopic (exact) mass is 818 g/mol. The van der Waals surface area contributed by atoms with Crippen LogP contribution in [0.15, 0.2) is 72.8 Å². The van der Waals surface area contributed by atoms with Gasteiger partial charge in [-0.3, -0.25) is 29.4 Å². The van der Waals surface area contributed by atoms with Gasteiger partial charge in [0, 0.05) is 30.1 Å². The SMILES string of the molecule is CCC(C)(C)c1ccc(OCCCC(=O)NC2(Oc3ccc(C(=O)O)cc3)C(=O)N(C(Cl)(C(=O)Nc3ccccc3)C(=O)C(C)(C)C)C(=O)N2C)c(C(C)(C)CC)c1. The first-order valence-electron chi connectivity index (χ1n) is 19.3. The molecule has 5 amide bonds. The van der Waals surface area contributed by atoms with Crippen LogP contribution in [0.4, 0.5) is 10.5 Å². The van der Waals surface area contributed by atoms with Crippen LogP contribution in [-0.4, -0.2) is 74.9 Å². The summed E-state index contributed by atoms with van der Waals surface area (Å²) in [7, 11) is 1.14. The number of hydrogen-bond donors (Lipinski definition) is 3. The number of aromatic carboxylic acids is 1. The number of anilines is 1. The number of urea groups is 1. The minimum Gasteiger partial charge on any atom is -0.493 e. The fourth-order valence-corrected chi connectivity index (χ4v) is 6.73. The van der Waals surface area contributed by atoms with E-state index in [4.69, 9.17) is 21.1 Å². The zero-order valence-electron chi connectivity index (χ0n) is 34.9. The number of nitrogens with one attached hydrogen (secondary N) is 2. The van der Waals surface area contributed by atoms with Gasteiger partial charge in [-0.25, -0.2) is 14.5 Å². The first-order chi connectivity index (χ1) is 27.0. The van der Waals surface area contributed by atoms with Gasteiger partial charge in [0.05, 0.1) is 12.2 Å². The predicted octanol–water partition coefficient (Wildman–Crippen LogP) is 7.85.